The average Bonchev–Trinajstić information content (AvgIpc) is 2.37. The molecule has 0 aliphatic carbocycles. The van der Waals surface area contributed by atoms with E-state index in [1.807, 2.05) is 6.07 Å². The van der Waals surface area contributed by atoms with Crippen LogP contribution in [0.3, 0.4) is 0 Å². The summed E-state index contributed by atoms with van der Waals surface area (Å²) >= 11 is 2.26. The summed E-state index contributed by atoms with van der Waals surface area (Å²) in [5.74, 6) is 0. The first-order valence-corrected chi connectivity index (χ1v) is 7.53. The van der Waals surface area contributed by atoms with Crippen molar-refractivity contribution in [1.29, 1.82) is 0 Å². The Labute approximate surface area is 118 Å². The molecule has 2 heteroatoms. The van der Waals surface area contributed by atoms with Gasteiger partial charge in [-0.25, -0.2) is 0 Å². The van der Waals surface area contributed by atoms with Crippen LogP contribution in [0.2, 0.25) is 0 Å². The van der Waals surface area contributed by atoms with E-state index in [2.05, 4.69) is 63.9 Å². The predicted octanol–water partition coefficient (Wildman–Crippen LogP) is 5.10. The Morgan fingerprint density at radius 1 is 1.24 bits per heavy atom. The summed E-state index contributed by atoms with van der Waals surface area (Å²) in [5.41, 5.74) is 1.25. The highest BCUT2D eigenvalue weighted by Crippen LogP contribution is 2.12. The van der Waals surface area contributed by atoms with Crippen molar-refractivity contribution in [2.45, 2.75) is 45.3 Å². The van der Waals surface area contributed by atoms with Gasteiger partial charge in [0.1, 0.15) is 0 Å². The maximum Gasteiger partial charge on any atom is 0.0767 e. The number of ether oxygens (including phenoxy) is 1. The summed E-state index contributed by atoms with van der Waals surface area (Å²) in [6, 6.07) is 10.4. The van der Waals surface area contributed by atoms with E-state index in [0.29, 0.717) is 6.61 Å². The van der Waals surface area contributed by atoms with Crippen molar-refractivity contribution >= 4 is 22.6 Å². The fourth-order valence-corrected chi connectivity index (χ4v) is 2.15. The molecule has 0 aromatic heterocycles. The SMILES string of the molecule is CCCCCC(/C=C/I)OCc1ccccc1. The van der Waals surface area contributed by atoms with Crippen LogP contribution in [-0.4, -0.2) is 6.10 Å². The van der Waals surface area contributed by atoms with Crippen LogP contribution in [0.5, 0.6) is 0 Å². The fraction of sp³-hybridized carbons (Fsp3) is 0.467. The Morgan fingerprint density at radius 3 is 2.65 bits per heavy atom. The van der Waals surface area contributed by atoms with Crippen molar-refractivity contribution in [1.82, 2.24) is 0 Å². The van der Waals surface area contributed by atoms with Crippen LogP contribution in [0.15, 0.2) is 40.5 Å². The van der Waals surface area contributed by atoms with E-state index >= 15 is 0 Å². The third-order valence-electron chi connectivity index (χ3n) is 2.69. The molecule has 0 aliphatic rings. The van der Waals surface area contributed by atoms with Crippen LogP contribution in [0.25, 0.3) is 0 Å². The summed E-state index contributed by atoms with van der Waals surface area (Å²) < 4.78 is 7.98. The van der Waals surface area contributed by atoms with Gasteiger partial charge in [0.2, 0.25) is 0 Å². The van der Waals surface area contributed by atoms with Gasteiger partial charge in [-0.05, 0) is 22.1 Å². The molecule has 0 fully saturated rings. The smallest absolute Gasteiger partial charge is 0.0767 e. The molecule has 94 valence electrons. The third kappa shape index (κ3) is 6.84. The molecule has 0 amide bonds. The molecular formula is C15H21IO. The van der Waals surface area contributed by atoms with Gasteiger partial charge in [0.05, 0.1) is 12.7 Å². The zero-order valence-corrected chi connectivity index (χ0v) is 12.6. The highest BCUT2D eigenvalue weighted by molar-refractivity contribution is 14.1. The third-order valence-corrected chi connectivity index (χ3v) is 3.10. The molecule has 0 radical (unpaired) electrons. The monoisotopic (exact) mass is 344 g/mol. The van der Waals surface area contributed by atoms with Gasteiger partial charge in [-0.2, -0.15) is 0 Å². The van der Waals surface area contributed by atoms with Crippen LogP contribution in [-0.2, 0) is 11.3 Å². The molecule has 0 saturated heterocycles. The van der Waals surface area contributed by atoms with Crippen LogP contribution in [0, 0.1) is 0 Å². The second-order valence-electron chi connectivity index (χ2n) is 4.15. The molecule has 0 saturated carbocycles. The lowest BCUT2D eigenvalue weighted by molar-refractivity contribution is 0.0650. The van der Waals surface area contributed by atoms with Crippen molar-refractivity contribution in [3.8, 4) is 0 Å². The maximum absolute atomic E-state index is 5.92. The molecule has 1 atom stereocenters. The number of hydrogen-bond acceptors (Lipinski definition) is 1. The number of rotatable bonds is 8. The molecule has 0 N–H and O–H groups in total. The van der Waals surface area contributed by atoms with E-state index < -0.39 is 0 Å². The number of benzene rings is 1. The summed E-state index contributed by atoms with van der Waals surface area (Å²) in [5, 5.41) is 0. The van der Waals surface area contributed by atoms with E-state index in [-0.39, 0.29) is 6.10 Å². The second kappa shape index (κ2) is 9.66. The van der Waals surface area contributed by atoms with Crippen molar-refractivity contribution in [3.63, 3.8) is 0 Å². The standard InChI is InChI=1S/C15H21IO/c1-2-3-5-10-15(11-12-16)17-13-14-8-6-4-7-9-14/h4,6-9,11-12,15H,2-3,5,10,13H2,1H3/b12-11+. The van der Waals surface area contributed by atoms with Gasteiger partial charge in [-0.15, -0.1) is 0 Å². The van der Waals surface area contributed by atoms with E-state index in [9.17, 15) is 0 Å². The number of halogens is 1. The lowest BCUT2D eigenvalue weighted by Gasteiger charge is -2.14. The molecule has 1 unspecified atom stereocenters. The summed E-state index contributed by atoms with van der Waals surface area (Å²) in [6.07, 6.45) is 7.34. The lowest BCUT2D eigenvalue weighted by Crippen LogP contribution is -2.09. The topological polar surface area (TPSA) is 9.23 Å². The summed E-state index contributed by atoms with van der Waals surface area (Å²) in [6.45, 7) is 2.94. The van der Waals surface area contributed by atoms with Gasteiger partial charge >= 0.3 is 0 Å². The molecule has 17 heavy (non-hydrogen) atoms. The predicted molar refractivity (Wildman–Crippen MR) is 82.3 cm³/mol. The highest BCUT2D eigenvalue weighted by Gasteiger charge is 2.04. The largest absolute Gasteiger partial charge is 0.369 e. The van der Waals surface area contributed by atoms with Gasteiger partial charge in [-0.1, -0.05) is 79.1 Å². The van der Waals surface area contributed by atoms with Gasteiger partial charge < -0.3 is 4.74 Å². The lowest BCUT2D eigenvalue weighted by atomic mass is 10.1. The maximum atomic E-state index is 5.92. The summed E-state index contributed by atoms with van der Waals surface area (Å²) in [7, 11) is 0. The second-order valence-corrected chi connectivity index (χ2v) is 4.87. The number of unbranched alkanes of at least 4 members (excludes halogenated alkanes) is 2. The molecule has 0 spiro atoms. The highest BCUT2D eigenvalue weighted by atomic mass is 127. The summed E-state index contributed by atoms with van der Waals surface area (Å²) in [4.78, 5) is 0. The Hall–Kier alpha value is -0.350. The quantitative estimate of drug-likeness (QED) is 0.471. The normalized spacial score (nSPS) is 13.1. The Kier molecular flexibility index (Phi) is 8.36. The van der Waals surface area contributed by atoms with E-state index in [1.165, 1.54) is 24.8 Å². The zero-order valence-electron chi connectivity index (χ0n) is 10.4. The molecule has 1 rings (SSSR count). The van der Waals surface area contributed by atoms with Crippen molar-refractivity contribution < 1.29 is 4.74 Å². The molecule has 1 aromatic rings. The van der Waals surface area contributed by atoms with Crippen molar-refractivity contribution in [2.24, 2.45) is 0 Å². The van der Waals surface area contributed by atoms with Crippen LogP contribution in [0.1, 0.15) is 38.2 Å². The molecule has 0 heterocycles. The van der Waals surface area contributed by atoms with Crippen LogP contribution in [0.4, 0.5) is 0 Å². The Balaban J connectivity index is 2.33. The van der Waals surface area contributed by atoms with Gasteiger partial charge in [-0.3, -0.25) is 0 Å². The molecule has 0 bridgehead atoms. The zero-order chi connectivity index (χ0) is 12.3. The minimum Gasteiger partial charge on any atom is -0.369 e. The van der Waals surface area contributed by atoms with E-state index in [0.717, 1.165) is 6.42 Å². The number of hydrogen-bond donors (Lipinski definition) is 0. The Bertz CT molecular complexity index is 308. The van der Waals surface area contributed by atoms with Gasteiger partial charge in [0, 0.05) is 0 Å². The van der Waals surface area contributed by atoms with Crippen LogP contribution >= 0.6 is 22.6 Å². The molecule has 1 nitrogen and oxygen atoms in total. The molecule has 1 aromatic carbocycles. The van der Waals surface area contributed by atoms with Gasteiger partial charge in [0.15, 0.2) is 0 Å². The average molecular weight is 344 g/mol. The first-order valence-electron chi connectivity index (χ1n) is 6.29. The first-order chi connectivity index (χ1) is 8.36. The van der Waals surface area contributed by atoms with Crippen molar-refractivity contribution in [3.05, 3.63) is 46.1 Å². The fourth-order valence-electron chi connectivity index (χ4n) is 1.69. The van der Waals surface area contributed by atoms with Gasteiger partial charge in [0.25, 0.3) is 0 Å². The minimum atomic E-state index is 0.263. The first kappa shape index (κ1) is 14.7. The Morgan fingerprint density at radius 2 is 2.00 bits per heavy atom. The molecule has 0 aliphatic heterocycles. The van der Waals surface area contributed by atoms with E-state index in [1.54, 1.807) is 0 Å². The minimum absolute atomic E-state index is 0.263. The van der Waals surface area contributed by atoms with E-state index in [4.69, 9.17) is 4.74 Å². The van der Waals surface area contributed by atoms with Crippen LogP contribution < -0.4 is 0 Å². The van der Waals surface area contributed by atoms with Crippen molar-refractivity contribution in [2.75, 3.05) is 0 Å². The molecular weight excluding hydrogens is 323 g/mol.